The van der Waals surface area contributed by atoms with E-state index in [1.165, 1.54) is 0 Å². The number of Topliss-reactive ketones (excluding diaryl/α,β-unsaturated/α-hetero) is 1. The predicted octanol–water partition coefficient (Wildman–Crippen LogP) is 3.63. The molecule has 27 heavy (non-hydrogen) atoms. The lowest BCUT2D eigenvalue weighted by Crippen LogP contribution is -2.04. The second-order valence-electron chi connectivity index (χ2n) is 5.99. The Hall–Kier alpha value is -3.32. The number of ketones is 1. The lowest BCUT2D eigenvalue weighted by atomic mass is 9.90. The molecule has 0 unspecified atom stereocenters. The molecule has 0 amide bonds. The van der Waals surface area contributed by atoms with E-state index in [0.717, 1.165) is 32.3 Å². The van der Waals surface area contributed by atoms with Gasteiger partial charge in [0, 0.05) is 12.0 Å². The molecule has 0 radical (unpaired) electrons. The third-order valence-electron chi connectivity index (χ3n) is 4.40. The molecule has 4 rings (SSSR count). The van der Waals surface area contributed by atoms with Crippen molar-refractivity contribution in [1.82, 2.24) is 0 Å². The van der Waals surface area contributed by atoms with Crippen molar-refractivity contribution >= 4 is 54.7 Å². The number of carboxylic acid groups (broad SMARTS) is 1. The molecule has 4 aromatic carbocycles. The number of carbonyl (C=O) groups is 2. The number of aliphatic carboxylic acids is 1. The fourth-order valence-electron chi connectivity index (χ4n) is 3.33. The summed E-state index contributed by atoms with van der Waals surface area (Å²) >= 11 is 0. The SMILES string of the molecule is O=C(O)CCC(=O)c1ccc2ccc3cccc4ccc1c2c34.O=S(=O)=O. The van der Waals surface area contributed by atoms with Gasteiger partial charge in [-0.3, -0.25) is 9.59 Å². The predicted molar refractivity (Wildman–Crippen MR) is 101 cm³/mol. The molecule has 0 heterocycles. The van der Waals surface area contributed by atoms with Crippen LogP contribution in [0.1, 0.15) is 23.2 Å². The first kappa shape index (κ1) is 18.5. The van der Waals surface area contributed by atoms with E-state index in [-0.39, 0.29) is 18.6 Å². The number of carbonyl (C=O) groups excluding carboxylic acids is 1. The Morgan fingerprint density at radius 2 is 1.26 bits per heavy atom. The monoisotopic (exact) mass is 382 g/mol. The second kappa shape index (κ2) is 7.51. The van der Waals surface area contributed by atoms with Gasteiger partial charge in [-0.1, -0.05) is 54.6 Å². The normalized spacial score (nSPS) is 10.7. The summed E-state index contributed by atoms with van der Waals surface area (Å²) in [4.78, 5) is 23.2. The van der Waals surface area contributed by atoms with Gasteiger partial charge in [0.25, 0.3) is 0 Å². The molecule has 4 aromatic rings. The third kappa shape index (κ3) is 3.78. The highest BCUT2D eigenvalue weighted by Crippen LogP contribution is 2.36. The molecule has 0 bridgehead atoms. The van der Waals surface area contributed by atoms with E-state index in [1.54, 1.807) is 0 Å². The van der Waals surface area contributed by atoms with Gasteiger partial charge >= 0.3 is 16.6 Å². The molecule has 0 aliphatic carbocycles. The van der Waals surface area contributed by atoms with Crippen molar-refractivity contribution in [2.45, 2.75) is 12.8 Å². The molecule has 0 fully saturated rings. The fourth-order valence-corrected chi connectivity index (χ4v) is 3.33. The summed E-state index contributed by atoms with van der Waals surface area (Å²) in [5, 5.41) is 15.3. The van der Waals surface area contributed by atoms with Gasteiger partial charge in [-0.05, 0) is 32.3 Å². The van der Waals surface area contributed by atoms with Gasteiger partial charge in [-0.15, -0.1) is 12.6 Å². The Labute approximate surface area is 155 Å². The zero-order valence-electron chi connectivity index (χ0n) is 14.0. The van der Waals surface area contributed by atoms with Crippen LogP contribution >= 0.6 is 0 Å². The smallest absolute Gasteiger partial charge is 0.425 e. The largest absolute Gasteiger partial charge is 0.481 e. The maximum atomic E-state index is 12.4. The quantitative estimate of drug-likeness (QED) is 0.427. The first-order valence-corrected chi connectivity index (χ1v) is 9.07. The topological polar surface area (TPSA) is 106 Å². The van der Waals surface area contributed by atoms with Crippen molar-refractivity contribution in [3.8, 4) is 0 Å². The molecular formula is C20H14O6S. The molecular weight excluding hydrogens is 368 g/mol. The lowest BCUT2D eigenvalue weighted by Gasteiger charge is -2.13. The van der Waals surface area contributed by atoms with E-state index in [4.69, 9.17) is 17.7 Å². The summed E-state index contributed by atoms with van der Waals surface area (Å²) in [6.45, 7) is 0. The minimum absolute atomic E-state index is 0.0271. The molecule has 0 aromatic heterocycles. The average Bonchev–Trinajstić information content (AvgIpc) is 2.63. The van der Waals surface area contributed by atoms with E-state index < -0.39 is 16.6 Å². The van der Waals surface area contributed by atoms with Crippen LogP contribution in [-0.4, -0.2) is 29.5 Å². The average molecular weight is 382 g/mol. The molecule has 0 saturated carbocycles. The summed E-state index contributed by atoms with van der Waals surface area (Å²) in [6.07, 6.45) is -0.111. The summed E-state index contributed by atoms with van der Waals surface area (Å²) in [6, 6.07) is 18.1. The zero-order chi connectivity index (χ0) is 19.6. The summed E-state index contributed by atoms with van der Waals surface area (Å²) in [5.41, 5.74) is 0.608. The lowest BCUT2D eigenvalue weighted by molar-refractivity contribution is -0.136. The number of hydrogen-bond donors (Lipinski definition) is 1. The highest BCUT2D eigenvalue weighted by Gasteiger charge is 2.15. The van der Waals surface area contributed by atoms with E-state index in [0.29, 0.717) is 5.56 Å². The fraction of sp³-hybridized carbons (Fsp3) is 0.100. The van der Waals surface area contributed by atoms with Crippen LogP contribution in [0, 0.1) is 0 Å². The molecule has 6 nitrogen and oxygen atoms in total. The van der Waals surface area contributed by atoms with Gasteiger partial charge in [-0.2, -0.15) is 0 Å². The third-order valence-corrected chi connectivity index (χ3v) is 4.40. The van der Waals surface area contributed by atoms with Gasteiger partial charge in [0.1, 0.15) is 0 Å². The molecule has 0 aliphatic heterocycles. The zero-order valence-corrected chi connectivity index (χ0v) is 14.8. The van der Waals surface area contributed by atoms with Crippen LogP contribution in [0.15, 0.2) is 54.6 Å². The van der Waals surface area contributed by atoms with Gasteiger partial charge in [0.05, 0.1) is 6.42 Å². The summed E-state index contributed by atoms with van der Waals surface area (Å²) < 4.78 is 25.3. The standard InChI is InChI=1S/C20H14O3.O3S/c21-17(10-11-18(22)23)15-8-6-14-5-4-12-2-1-3-13-7-9-16(15)20(14)19(12)13;1-4(2)3/h1-9H,10-11H2,(H,22,23);. The Morgan fingerprint density at radius 1 is 0.741 bits per heavy atom. The van der Waals surface area contributed by atoms with Gasteiger partial charge in [0.15, 0.2) is 5.78 Å². The van der Waals surface area contributed by atoms with Gasteiger partial charge < -0.3 is 5.11 Å². The Kier molecular flexibility index (Phi) is 5.14. The first-order chi connectivity index (χ1) is 12.9. The highest BCUT2D eigenvalue weighted by atomic mass is 32.2. The Morgan fingerprint density at radius 3 is 1.85 bits per heavy atom. The minimum atomic E-state index is -3.11. The van der Waals surface area contributed by atoms with Crippen molar-refractivity contribution in [1.29, 1.82) is 0 Å². The maximum Gasteiger partial charge on any atom is 0.425 e. The van der Waals surface area contributed by atoms with Crippen LogP contribution in [0.3, 0.4) is 0 Å². The Balaban J connectivity index is 0.000000481. The molecule has 0 spiro atoms. The van der Waals surface area contributed by atoms with Gasteiger partial charge in [-0.25, -0.2) is 0 Å². The molecule has 7 heteroatoms. The Bertz CT molecular complexity index is 1250. The van der Waals surface area contributed by atoms with Crippen LogP contribution in [0.25, 0.3) is 32.3 Å². The van der Waals surface area contributed by atoms with Crippen LogP contribution in [0.2, 0.25) is 0 Å². The van der Waals surface area contributed by atoms with Crippen LogP contribution < -0.4 is 0 Å². The van der Waals surface area contributed by atoms with Crippen molar-refractivity contribution in [3.63, 3.8) is 0 Å². The molecule has 136 valence electrons. The van der Waals surface area contributed by atoms with E-state index in [2.05, 4.69) is 24.3 Å². The van der Waals surface area contributed by atoms with Crippen LogP contribution in [0.4, 0.5) is 0 Å². The molecule has 0 atom stereocenters. The van der Waals surface area contributed by atoms with Gasteiger partial charge in [0.2, 0.25) is 0 Å². The van der Waals surface area contributed by atoms with E-state index in [1.807, 2.05) is 30.3 Å². The van der Waals surface area contributed by atoms with Crippen molar-refractivity contribution < 1.29 is 27.3 Å². The maximum absolute atomic E-state index is 12.4. The van der Waals surface area contributed by atoms with E-state index in [9.17, 15) is 9.59 Å². The van der Waals surface area contributed by atoms with Crippen LogP contribution in [0.5, 0.6) is 0 Å². The summed E-state index contributed by atoms with van der Waals surface area (Å²) in [7, 11) is -3.11. The number of hydrogen-bond acceptors (Lipinski definition) is 5. The minimum Gasteiger partial charge on any atom is -0.481 e. The van der Waals surface area contributed by atoms with E-state index >= 15 is 0 Å². The number of benzene rings is 4. The molecule has 0 saturated heterocycles. The number of carboxylic acids is 1. The van der Waals surface area contributed by atoms with Crippen molar-refractivity contribution in [2.24, 2.45) is 0 Å². The second-order valence-corrected chi connectivity index (χ2v) is 6.40. The molecule has 1 N–H and O–H groups in total. The van der Waals surface area contributed by atoms with Crippen molar-refractivity contribution in [3.05, 3.63) is 60.2 Å². The molecule has 0 aliphatic rings. The van der Waals surface area contributed by atoms with Crippen LogP contribution in [-0.2, 0) is 15.4 Å². The highest BCUT2D eigenvalue weighted by molar-refractivity contribution is 7.59. The van der Waals surface area contributed by atoms with Crippen molar-refractivity contribution in [2.75, 3.05) is 0 Å². The first-order valence-electron chi connectivity index (χ1n) is 8.07. The summed E-state index contributed by atoms with van der Waals surface area (Å²) in [5.74, 6) is -1.07. The number of rotatable bonds is 4.